The molecule has 0 bridgehead atoms. The van der Waals surface area contributed by atoms with Crippen LogP contribution in [0.5, 0.6) is 0 Å². The van der Waals surface area contributed by atoms with Gasteiger partial charge in [0.05, 0.1) is 4.90 Å². The molecule has 1 aliphatic heterocycles. The molecule has 4 nitrogen and oxygen atoms in total. The lowest BCUT2D eigenvalue weighted by atomic mass is 10.1. The number of hydrogen-bond acceptors (Lipinski definition) is 3. The van der Waals surface area contributed by atoms with Gasteiger partial charge in [0.25, 0.3) is 0 Å². The van der Waals surface area contributed by atoms with Crippen molar-refractivity contribution < 1.29 is 8.42 Å². The fraction of sp³-hybridized carbons (Fsp3) is 0.526. The van der Waals surface area contributed by atoms with Crippen LogP contribution in [0, 0.1) is 19.8 Å². The minimum Gasteiger partial charge on any atom is -0.261 e. The van der Waals surface area contributed by atoms with Crippen molar-refractivity contribution in [2.45, 2.75) is 53.4 Å². The second-order valence-electron chi connectivity index (χ2n) is 5.63. The zero-order chi connectivity index (χ0) is 18.5. The van der Waals surface area contributed by atoms with Crippen molar-refractivity contribution in [1.82, 2.24) is 9.29 Å². The normalized spacial score (nSPS) is 15.0. The Labute approximate surface area is 147 Å². The number of nitrogens with zero attached hydrogens (tertiary/aromatic N) is 2. The van der Waals surface area contributed by atoms with Gasteiger partial charge in [-0.1, -0.05) is 46.8 Å². The lowest BCUT2D eigenvalue weighted by molar-refractivity contribution is 0.218. The molecule has 0 radical (unpaired) electrons. The molecule has 3 rings (SSSR count). The summed E-state index contributed by atoms with van der Waals surface area (Å²) in [6, 6.07) is 5.43. The molecule has 1 aliphatic rings. The van der Waals surface area contributed by atoms with E-state index in [-0.39, 0.29) is 0 Å². The fourth-order valence-electron chi connectivity index (χ4n) is 2.76. The van der Waals surface area contributed by atoms with Crippen LogP contribution in [0.4, 0.5) is 0 Å². The molecule has 5 heteroatoms. The van der Waals surface area contributed by atoms with Gasteiger partial charge in [0.1, 0.15) is 0 Å². The number of sulfonamides is 1. The maximum Gasteiger partial charge on any atom is 0.243 e. The Morgan fingerprint density at radius 2 is 1.67 bits per heavy atom. The first-order chi connectivity index (χ1) is 11.4. The van der Waals surface area contributed by atoms with Gasteiger partial charge in [-0.3, -0.25) is 4.98 Å². The van der Waals surface area contributed by atoms with Gasteiger partial charge in [0.2, 0.25) is 10.0 Å². The van der Waals surface area contributed by atoms with Gasteiger partial charge in [0.15, 0.2) is 0 Å². The number of pyridine rings is 1. The summed E-state index contributed by atoms with van der Waals surface area (Å²) in [6.45, 7) is 15.1. The Bertz CT molecular complexity index is 779. The lowest BCUT2D eigenvalue weighted by Crippen LogP contribution is -2.48. The summed E-state index contributed by atoms with van der Waals surface area (Å²) in [4.78, 5) is 4.72. The average Bonchev–Trinajstić information content (AvgIpc) is 2.58. The van der Waals surface area contributed by atoms with Gasteiger partial charge >= 0.3 is 0 Å². The van der Waals surface area contributed by atoms with E-state index in [9.17, 15) is 8.42 Å². The summed E-state index contributed by atoms with van der Waals surface area (Å²) < 4.78 is 27.0. The first-order valence-electron chi connectivity index (χ1n) is 8.76. The van der Waals surface area contributed by atoms with Crippen molar-refractivity contribution in [1.29, 1.82) is 0 Å². The van der Waals surface area contributed by atoms with E-state index in [0.717, 1.165) is 22.0 Å². The van der Waals surface area contributed by atoms with Gasteiger partial charge in [-0.2, -0.15) is 4.31 Å². The molecule has 0 saturated carbocycles. The molecular formula is C19H30N2O2S. The van der Waals surface area contributed by atoms with Crippen LogP contribution in [0.15, 0.2) is 29.3 Å². The summed E-state index contributed by atoms with van der Waals surface area (Å²) >= 11 is 0. The van der Waals surface area contributed by atoms with E-state index in [1.807, 2.05) is 47.6 Å². The number of hydrogen-bond donors (Lipinski definition) is 0. The van der Waals surface area contributed by atoms with Gasteiger partial charge in [-0.05, 0) is 31.4 Å². The molecule has 1 aromatic carbocycles. The molecule has 2 aromatic rings. The van der Waals surface area contributed by atoms with E-state index in [1.165, 1.54) is 0 Å². The third kappa shape index (κ3) is 3.78. The highest BCUT2D eigenvalue weighted by molar-refractivity contribution is 7.89. The predicted molar refractivity (Wildman–Crippen MR) is 102 cm³/mol. The molecule has 0 N–H and O–H groups in total. The van der Waals surface area contributed by atoms with Crippen LogP contribution >= 0.6 is 0 Å². The van der Waals surface area contributed by atoms with E-state index in [2.05, 4.69) is 11.9 Å². The van der Waals surface area contributed by atoms with E-state index >= 15 is 0 Å². The topological polar surface area (TPSA) is 50.3 Å². The van der Waals surface area contributed by atoms with Crippen molar-refractivity contribution in [3.8, 4) is 0 Å². The number of fused-ring (bicyclic) bond motifs is 1. The number of benzene rings is 1. The zero-order valence-electron chi connectivity index (χ0n) is 15.9. The minimum absolute atomic E-state index is 0.407. The molecule has 0 unspecified atom stereocenters. The monoisotopic (exact) mass is 350 g/mol. The smallest absolute Gasteiger partial charge is 0.243 e. The highest BCUT2D eigenvalue weighted by Crippen LogP contribution is 2.32. The summed E-state index contributed by atoms with van der Waals surface area (Å²) in [5, 5.41) is 1.72. The second-order valence-corrected chi connectivity index (χ2v) is 7.54. The van der Waals surface area contributed by atoms with Crippen molar-refractivity contribution >= 4 is 20.8 Å². The van der Waals surface area contributed by atoms with Gasteiger partial charge in [-0.15, -0.1) is 0 Å². The van der Waals surface area contributed by atoms with Crippen molar-refractivity contribution in [2.75, 3.05) is 13.1 Å². The molecule has 0 spiro atoms. The molecule has 1 aromatic heterocycles. The van der Waals surface area contributed by atoms with Crippen molar-refractivity contribution in [2.24, 2.45) is 5.92 Å². The molecule has 1 fully saturated rings. The van der Waals surface area contributed by atoms with E-state index in [0.29, 0.717) is 23.9 Å². The largest absolute Gasteiger partial charge is 0.261 e. The van der Waals surface area contributed by atoms with E-state index in [4.69, 9.17) is 0 Å². The minimum atomic E-state index is -3.40. The molecule has 24 heavy (non-hydrogen) atoms. The first kappa shape index (κ1) is 20.6. The van der Waals surface area contributed by atoms with Crippen LogP contribution in [0.2, 0.25) is 0 Å². The Kier molecular flexibility index (Phi) is 7.36. The van der Waals surface area contributed by atoms with Crippen molar-refractivity contribution in [3.05, 3.63) is 35.7 Å². The van der Waals surface area contributed by atoms with Crippen LogP contribution < -0.4 is 0 Å². The number of rotatable bonds is 2. The summed E-state index contributed by atoms with van der Waals surface area (Å²) in [5.74, 6) is 0.448. The number of aromatic nitrogens is 1. The molecule has 0 atom stereocenters. The molecule has 0 amide bonds. The molecule has 1 saturated heterocycles. The maximum atomic E-state index is 12.7. The fourth-order valence-corrected chi connectivity index (χ4v) is 4.72. The summed E-state index contributed by atoms with van der Waals surface area (Å²) in [6.07, 6.45) is 1.75. The van der Waals surface area contributed by atoms with Crippen LogP contribution in [-0.4, -0.2) is 30.8 Å². The second kappa shape index (κ2) is 8.58. The Morgan fingerprint density at radius 3 is 2.21 bits per heavy atom. The quantitative estimate of drug-likeness (QED) is 0.798. The maximum absolute atomic E-state index is 12.7. The van der Waals surface area contributed by atoms with Crippen LogP contribution in [0.3, 0.4) is 0 Å². The first-order valence-corrected chi connectivity index (χ1v) is 10.2. The Morgan fingerprint density at radius 1 is 1.08 bits per heavy atom. The van der Waals surface area contributed by atoms with Crippen molar-refractivity contribution in [3.63, 3.8) is 0 Å². The zero-order valence-corrected chi connectivity index (χ0v) is 16.7. The SMILES string of the molecule is CC.CC.Cc1ncc(C)c2c(S(=O)(=O)N3CC(C)C3)cccc12. The van der Waals surface area contributed by atoms with Gasteiger partial charge in [-0.25, -0.2) is 8.42 Å². The van der Waals surface area contributed by atoms with Crippen LogP contribution in [0.1, 0.15) is 45.9 Å². The lowest BCUT2D eigenvalue weighted by Gasteiger charge is -2.36. The third-order valence-electron chi connectivity index (χ3n) is 3.91. The summed E-state index contributed by atoms with van der Waals surface area (Å²) in [5.41, 5.74) is 1.76. The standard InChI is InChI=1S/C15H18N2O2S.2C2H6/c1-10-8-17(9-10)20(18,19)14-6-4-5-13-12(3)16-7-11(2)15(13)14;2*1-2/h4-7,10H,8-9H2,1-3H3;2*1-2H3. The molecule has 134 valence electrons. The average molecular weight is 351 g/mol. The van der Waals surface area contributed by atoms with Crippen LogP contribution in [-0.2, 0) is 10.0 Å². The summed E-state index contributed by atoms with van der Waals surface area (Å²) in [7, 11) is -3.40. The van der Waals surface area contributed by atoms with E-state index in [1.54, 1.807) is 22.6 Å². The van der Waals surface area contributed by atoms with Gasteiger partial charge < -0.3 is 0 Å². The van der Waals surface area contributed by atoms with Crippen LogP contribution in [0.25, 0.3) is 10.8 Å². The Balaban J connectivity index is 0.000000671. The third-order valence-corrected chi connectivity index (χ3v) is 5.78. The number of aryl methyl sites for hydroxylation is 2. The Hall–Kier alpha value is -1.46. The van der Waals surface area contributed by atoms with Gasteiger partial charge in [0, 0.05) is 35.8 Å². The molecule has 2 heterocycles. The molecule has 0 aliphatic carbocycles. The highest BCUT2D eigenvalue weighted by Gasteiger charge is 2.35. The van der Waals surface area contributed by atoms with E-state index < -0.39 is 10.0 Å². The predicted octanol–water partition coefficient (Wildman–Crippen LogP) is 4.54. The molecular weight excluding hydrogens is 320 g/mol. The highest BCUT2D eigenvalue weighted by atomic mass is 32.2.